The number of ether oxygens (including phenoxy) is 1. The molecule has 0 aromatic carbocycles. The number of rotatable bonds is 6. The Morgan fingerprint density at radius 1 is 1.39 bits per heavy atom. The quantitative estimate of drug-likeness (QED) is 0.831. The lowest BCUT2D eigenvalue weighted by molar-refractivity contribution is -0.124. The summed E-state index contributed by atoms with van der Waals surface area (Å²) in [5, 5.41) is 2.64. The molecule has 0 unspecified atom stereocenters. The van der Waals surface area contributed by atoms with Gasteiger partial charge in [0.1, 0.15) is 5.76 Å². The number of nitrogens with one attached hydrogen (secondary N) is 1. The first-order valence-electron chi connectivity index (χ1n) is 7.71. The predicted molar refractivity (Wildman–Crippen MR) is 83.0 cm³/mol. The minimum Gasteiger partial charge on any atom is -0.467 e. The Bertz CT molecular complexity index is 711. The van der Waals surface area contributed by atoms with Crippen LogP contribution in [0.15, 0.2) is 28.9 Å². The number of nitrogens with zero attached hydrogens (tertiary/aromatic N) is 1. The molecule has 2 heterocycles. The molecule has 1 amide bonds. The average Bonchev–Trinajstić information content (AvgIpc) is 3.12. The van der Waals surface area contributed by atoms with Crippen LogP contribution in [0, 0.1) is 13.8 Å². The maximum atomic E-state index is 12.2. The van der Waals surface area contributed by atoms with Crippen molar-refractivity contribution in [2.24, 2.45) is 0 Å². The third kappa shape index (κ3) is 3.47. The number of carbonyl (C=O) groups excluding carboxylic acids is 2. The van der Waals surface area contributed by atoms with E-state index in [2.05, 4.69) is 9.88 Å². The summed E-state index contributed by atoms with van der Waals surface area (Å²) in [4.78, 5) is 23.9. The van der Waals surface area contributed by atoms with Gasteiger partial charge in [-0.3, -0.25) is 4.79 Å². The molecule has 2 aromatic rings. The Hall–Kier alpha value is -2.50. The summed E-state index contributed by atoms with van der Waals surface area (Å²) in [7, 11) is 0. The lowest BCUT2D eigenvalue weighted by Gasteiger charge is -2.08. The Labute approximate surface area is 134 Å². The smallest absolute Gasteiger partial charge is 0.340 e. The zero-order valence-corrected chi connectivity index (χ0v) is 13.3. The van der Waals surface area contributed by atoms with E-state index in [4.69, 9.17) is 9.15 Å². The molecule has 1 fully saturated rings. The van der Waals surface area contributed by atoms with Crippen LogP contribution in [0.25, 0.3) is 0 Å². The molecule has 1 aliphatic rings. The molecule has 3 rings (SSSR count). The standard InChI is InChI=1S/C17H20N2O4/c1-11-8-15(12(2)19(11)13-5-6-13)17(21)23-10-16(20)18-9-14-4-3-7-22-14/h3-4,7-8,13H,5-6,9-10H2,1-2H3,(H,18,20). The zero-order valence-electron chi connectivity index (χ0n) is 13.3. The van der Waals surface area contributed by atoms with Crippen molar-refractivity contribution in [3.8, 4) is 0 Å². The van der Waals surface area contributed by atoms with E-state index in [1.807, 2.05) is 19.9 Å². The minimum absolute atomic E-state index is 0.277. The second-order valence-corrected chi connectivity index (χ2v) is 5.82. The Morgan fingerprint density at radius 2 is 2.17 bits per heavy atom. The van der Waals surface area contributed by atoms with Crippen LogP contribution in [0.5, 0.6) is 0 Å². The first-order valence-corrected chi connectivity index (χ1v) is 7.71. The van der Waals surface area contributed by atoms with Crippen LogP contribution in [0.2, 0.25) is 0 Å². The molecule has 0 saturated heterocycles. The number of aromatic nitrogens is 1. The van der Waals surface area contributed by atoms with Gasteiger partial charge in [0.05, 0.1) is 18.4 Å². The highest BCUT2D eigenvalue weighted by Crippen LogP contribution is 2.38. The van der Waals surface area contributed by atoms with Crippen LogP contribution in [0.4, 0.5) is 0 Å². The van der Waals surface area contributed by atoms with Crippen LogP contribution in [0.3, 0.4) is 0 Å². The number of hydrogen-bond donors (Lipinski definition) is 1. The van der Waals surface area contributed by atoms with Crippen LogP contribution in [0.1, 0.15) is 46.4 Å². The first-order chi connectivity index (χ1) is 11.1. The summed E-state index contributed by atoms with van der Waals surface area (Å²) in [6.45, 7) is 3.88. The molecule has 0 bridgehead atoms. The number of furan rings is 1. The zero-order chi connectivity index (χ0) is 16.4. The second kappa shape index (κ2) is 6.32. The van der Waals surface area contributed by atoms with Crippen molar-refractivity contribution in [3.63, 3.8) is 0 Å². The summed E-state index contributed by atoms with van der Waals surface area (Å²) >= 11 is 0. The molecular formula is C17H20N2O4. The van der Waals surface area contributed by atoms with Gasteiger partial charge in [0.2, 0.25) is 0 Å². The van der Waals surface area contributed by atoms with E-state index in [1.54, 1.807) is 12.1 Å². The fourth-order valence-corrected chi connectivity index (χ4v) is 2.74. The van der Waals surface area contributed by atoms with Crippen molar-refractivity contribution in [2.75, 3.05) is 6.61 Å². The molecule has 1 saturated carbocycles. The third-order valence-corrected chi connectivity index (χ3v) is 3.99. The number of hydrogen-bond acceptors (Lipinski definition) is 4. The van der Waals surface area contributed by atoms with Crippen molar-refractivity contribution in [1.29, 1.82) is 0 Å². The predicted octanol–water partition coefficient (Wildman–Crippen LogP) is 2.51. The molecule has 2 aromatic heterocycles. The topological polar surface area (TPSA) is 73.5 Å². The maximum Gasteiger partial charge on any atom is 0.340 e. The molecule has 1 aliphatic carbocycles. The van der Waals surface area contributed by atoms with Crippen LogP contribution < -0.4 is 5.32 Å². The van der Waals surface area contributed by atoms with Gasteiger partial charge in [-0.1, -0.05) is 0 Å². The van der Waals surface area contributed by atoms with Crippen LogP contribution in [-0.4, -0.2) is 23.1 Å². The van der Waals surface area contributed by atoms with E-state index in [9.17, 15) is 9.59 Å². The fraction of sp³-hybridized carbons (Fsp3) is 0.412. The monoisotopic (exact) mass is 316 g/mol. The van der Waals surface area contributed by atoms with Crippen LogP contribution in [-0.2, 0) is 16.1 Å². The average molecular weight is 316 g/mol. The number of esters is 1. The highest BCUT2D eigenvalue weighted by atomic mass is 16.5. The number of amides is 1. The van der Waals surface area contributed by atoms with Gasteiger partial charge in [0.25, 0.3) is 5.91 Å². The first kappa shape index (κ1) is 15.4. The molecule has 0 atom stereocenters. The van der Waals surface area contributed by atoms with E-state index in [-0.39, 0.29) is 19.1 Å². The minimum atomic E-state index is -0.460. The molecule has 122 valence electrons. The van der Waals surface area contributed by atoms with Gasteiger partial charge in [-0.15, -0.1) is 0 Å². The normalized spacial score (nSPS) is 13.8. The van der Waals surface area contributed by atoms with Crippen molar-refractivity contribution in [2.45, 2.75) is 39.3 Å². The molecule has 6 nitrogen and oxygen atoms in total. The van der Waals surface area contributed by atoms with E-state index in [0.29, 0.717) is 17.4 Å². The fourth-order valence-electron chi connectivity index (χ4n) is 2.74. The van der Waals surface area contributed by atoms with Gasteiger partial charge < -0.3 is 19.0 Å². The molecule has 0 radical (unpaired) electrons. The molecule has 6 heteroatoms. The van der Waals surface area contributed by atoms with Crippen molar-refractivity contribution >= 4 is 11.9 Å². The number of aryl methyl sites for hydroxylation is 1. The lowest BCUT2D eigenvalue weighted by Crippen LogP contribution is -2.28. The summed E-state index contributed by atoms with van der Waals surface area (Å²) in [5.41, 5.74) is 2.50. The summed E-state index contributed by atoms with van der Waals surface area (Å²) in [6.07, 6.45) is 3.84. The Morgan fingerprint density at radius 3 is 2.83 bits per heavy atom. The highest BCUT2D eigenvalue weighted by Gasteiger charge is 2.28. The van der Waals surface area contributed by atoms with Gasteiger partial charge in [0.15, 0.2) is 6.61 Å². The summed E-state index contributed by atoms with van der Waals surface area (Å²) < 4.78 is 12.4. The van der Waals surface area contributed by atoms with Crippen molar-refractivity contribution in [3.05, 3.63) is 47.2 Å². The molecule has 1 N–H and O–H groups in total. The highest BCUT2D eigenvalue weighted by molar-refractivity contribution is 5.92. The van der Waals surface area contributed by atoms with Gasteiger partial charge in [0, 0.05) is 17.4 Å². The third-order valence-electron chi connectivity index (χ3n) is 3.99. The molecule has 0 spiro atoms. The van der Waals surface area contributed by atoms with Crippen molar-refractivity contribution in [1.82, 2.24) is 9.88 Å². The summed E-state index contributed by atoms with van der Waals surface area (Å²) in [6, 6.07) is 5.85. The van der Waals surface area contributed by atoms with Gasteiger partial charge in [-0.05, 0) is 44.9 Å². The Kier molecular flexibility index (Phi) is 4.23. The molecule has 23 heavy (non-hydrogen) atoms. The SMILES string of the molecule is Cc1cc(C(=O)OCC(=O)NCc2ccco2)c(C)n1C1CC1. The molecular weight excluding hydrogens is 296 g/mol. The summed E-state index contributed by atoms with van der Waals surface area (Å²) in [5.74, 6) is -0.165. The van der Waals surface area contributed by atoms with Crippen LogP contribution >= 0.6 is 0 Å². The van der Waals surface area contributed by atoms with E-state index < -0.39 is 5.97 Å². The van der Waals surface area contributed by atoms with Gasteiger partial charge in [-0.25, -0.2) is 4.79 Å². The number of carbonyl (C=O) groups is 2. The second-order valence-electron chi connectivity index (χ2n) is 5.82. The lowest BCUT2D eigenvalue weighted by atomic mass is 10.2. The van der Waals surface area contributed by atoms with E-state index in [1.165, 1.54) is 6.26 Å². The maximum absolute atomic E-state index is 12.2. The molecule has 0 aliphatic heterocycles. The Balaban J connectivity index is 1.53. The van der Waals surface area contributed by atoms with Crippen molar-refractivity contribution < 1.29 is 18.7 Å². The van der Waals surface area contributed by atoms with Gasteiger partial charge in [-0.2, -0.15) is 0 Å². The van der Waals surface area contributed by atoms with E-state index >= 15 is 0 Å². The van der Waals surface area contributed by atoms with Gasteiger partial charge >= 0.3 is 5.97 Å². The largest absolute Gasteiger partial charge is 0.467 e. The van der Waals surface area contributed by atoms with E-state index in [0.717, 1.165) is 24.2 Å².